The van der Waals surface area contributed by atoms with Crippen molar-refractivity contribution in [3.63, 3.8) is 0 Å². The van der Waals surface area contributed by atoms with Gasteiger partial charge in [0.05, 0.1) is 16.7 Å². The van der Waals surface area contributed by atoms with Crippen molar-refractivity contribution in [2.75, 3.05) is 5.75 Å². The van der Waals surface area contributed by atoms with Gasteiger partial charge in [-0.3, -0.25) is 0 Å². The molecule has 12 heteroatoms. The zero-order chi connectivity index (χ0) is 29.4. The molecule has 5 rings (SSSR count). The Morgan fingerprint density at radius 1 is 0.902 bits per heavy atom. The molecule has 0 saturated heterocycles. The van der Waals surface area contributed by atoms with Crippen LogP contribution in [-0.4, -0.2) is 31.5 Å². The van der Waals surface area contributed by atoms with Crippen LogP contribution in [0.1, 0.15) is 11.3 Å². The Balaban J connectivity index is 1.71. The molecule has 0 aliphatic carbocycles. The summed E-state index contributed by atoms with van der Waals surface area (Å²) in [6, 6.07) is 19.9. The van der Waals surface area contributed by atoms with E-state index >= 15 is 0 Å². The lowest BCUT2D eigenvalue weighted by Crippen LogP contribution is -2.14. The van der Waals surface area contributed by atoms with Gasteiger partial charge in [-0.25, -0.2) is 34.6 Å². The van der Waals surface area contributed by atoms with E-state index in [2.05, 4.69) is 4.98 Å². The number of nitriles is 1. The van der Waals surface area contributed by atoms with E-state index in [1.54, 1.807) is 49.4 Å². The number of hydrogen-bond acceptors (Lipinski definition) is 7. The van der Waals surface area contributed by atoms with Crippen molar-refractivity contribution < 1.29 is 30.4 Å². The maximum atomic E-state index is 14.5. The van der Waals surface area contributed by atoms with Crippen LogP contribution in [0.3, 0.4) is 0 Å². The summed E-state index contributed by atoms with van der Waals surface area (Å²) in [5, 5.41) is 9.37. The summed E-state index contributed by atoms with van der Waals surface area (Å²) >= 11 is 0. The average Bonchev–Trinajstić information content (AvgIpc) is 3.35. The molecule has 0 aliphatic heterocycles. The number of benzene rings is 3. The van der Waals surface area contributed by atoms with Gasteiger partial charge in [-0.2, -0.15) is 5.26 Å². The van der Waals surface area contributed by atoms with Crippen molar-refractivity contribution in [1.82, 2.24) is 8.96 Å². The van der Waals surface area contributed by atoms with Gasteiger partial charge in [0.15, 0.2) is 27.1 Å². The number of pyridine rings is 1. The van der Waals surface area contributed by atoms with Crippen molar-refractivity contribution in [3.8, 4) is 28.7 Å². The van der Waals surface area contributed by atoms with E-state index in [-0.39, 0.29) is 33.4 Å². The molecule has 8 nitrogen and oxygen atoms in total. The Hall–Kier alpha value is -4.60. The maximum Gasteiger partial charge on any atom is 0.244 e. The van der Waals surface area contributed by atoms with Gasteiger partial charge in [-0.1, -0.05) is 30.3 Å². The summed E-state index contributed by atoms with van der Waals surface area (Å²) in [7, 11) is -7.93. The van der Waals surface area contributed by atoms with E-state index in [9.17, 15) is 25.6 Å². The second kappa shape index (κ2) is 10.8. The lowest BCUT2D eigenvalue weighted by molar-refractivity contribution is 0.438. The number of aryl methyl sites for hydroxylation is 1. The van der Waals surface area contributed by atoms with Gasteiger partial charge in [-0.15, -0.1) is 0 Å². The van der Waals surface area contributed by atoms with Crippen LogP contribution in [0.15, 0.2) is 90.0 Å². The lowest BCUT2D eigenvalue weighted by Gasteiger charge is -2.15. The van der Waals surface area contributed by atoms with E-state index in [0.717, 1.165) is 16.1 Å². The lowest BCUT2D eigenvalue weighted by atomic mass is 10.0. The number of aromatic nitrogens is 2. The number of nitrogens with zero attached hydrogens (tertiary/aromatic N) is 3. The molecule has 0 spiro atoms. The molecule has 0 bridgehead atoms. The maximum absolute atomic E-state index is 14.5. The number of halogens is 2. The molecule has 3 aromatic carbocycles. The first-order chi connectivity index (χ1) is 19.5. The third-order valence-corrected chi connectivity index (χ3v) is 9.29. The summed E-state index contributed by atoms with van der Waals surface area (Å²) in [4.78, 5) is 4.25. The summed E-state index contributed by atoms with van der Waals surface area (Å²) in [5.41, 5.74) is 1.61. The van der Waals surface area contributed by atoms with Crippen LogP contribution in [0.2, 0.25) is 0 Å². The molecule has 0 fully saturated rings. The molecule has 0 atom stereocenters. The van der Waals surface area contributed by atoms with E-state index in [4.69, 9.17) is 10.00 Å². The van der Waals surface area contributed by atoms with Crippen molar-refractivity contribution in [3.05, 3.63) is 108 Å². The third-order valence-electron chi connectivity index (χ3n) is 6.21. The first-order valence-corrected chi connectivity index (χ1v) is 15.4. The van der Waals surface area contributed by atoms with Gasteiger partial charge in [0.25, 0.3) is 0 Å². The largest absolute Gasteiger partial charge is 0.454 e. The molecule has 41 heavy (non-hydrogen) atoms. The molecule has 2 heterocycles. The second-order valence-electron chi connectivity index (χ2n) is 9.15. The predicted molar refractivity (Wildman–Crippen MR) is 148 cm³/mol. The van der Waals surface area contributed by atoms with Crippen molar-refractivity contribution in [1.29, 1.82) is 5.26 Å². The Kier molecular flexibility index (Phi) is 7.33. The Labute approximate surface area is 235 Å². The molecule has 0 radical (unpaired) electrons. The average molecular weight is 594 g/mol. The van der Waals surface area contributed by atoms with Gasteiger partial charge >= 0.3 is 0 Å². The smallest absolute Gasteiger partial charge is 0.244 e. The first-order valence-electron chi connectivity index (χ1n) is 12.1. The molecule has 5 aromatic rings. The standard InChI is InChI=1S/C29H21F2N3O5S2/c1-19-15-24(23-11-13-34(29(23)33-19)41(37,38)18-20-5-3-2-4-6-20)25-17-22(40(35,36)14-12-32)8-10-27(25)39-28-9-7-21(30)16-26(28)31/h2-11,13,15-17H,14,18H2,1H3. The molecule has 0 saturated carbocycles. The minimum Gasteiger partial charge on any atom is -0.454 e. The highest BCUT2D eigenvalue weighted by atomic mass is 32.2. The molecule has 0 aliphatic rings. The Morgan fingerprint density at radius 2 is 1.63 bits per heavy atom. The van der Waals surface area contributed by atoms with Gasteiger partial charge in [0, 0.05) is 28.9 Å². The van der Waals surface area contributed by atoms with Crippen LogP contribution in [0.4, 0.5) is 8.78 Å². The number of rotatable bonds is 8. The fraction of sp³-hybridized carbons (Fsp3) is 0.103. The van der Waals surface area contributed by atoms with Crippen LogP contribution in [-0.2, 0) is 25.6 Å². The van der Waals surface area contributed by atoms with Crippen molar-refractivity contribution in [2.45, 2.75) is 17.6 Å². The van der Waals surface area contributed by atoms with E-state index in [1.165, 1.54) is 30.5 Å². The molecule has 2 aromatic heterocycles. The monoisotopic (exact) mass is 593 g/mol. The van der Waals surface area contributed by atoms with Crippen molar-refractivity contribution in [2.24, 2.45) is 0 Å². The van der Waals surface area contributed by atoms with Gasteiger partial charge < -0.3 is 4.74 Å². The number of ether oxygens (including phenoxy) is 1. The van der Waals surface area contributed by atoms with Crippen LogP contribution in [0, 0.1) is 29.9 Å². The molecule has 0 amide bonds. The minimum absolute atomic E-state index is 0.0122. The summed E-state index contributed by atoms with van der Waals surface area (Å²) in [5.74, 6) is -3.16. The fourth-order valence-electron chi connectivity index (χ4n) is 4.36. The molecule has 208 valence electrons. The molecule has 0 N–H and O–H groups in total. The van der Waals surface area contributed by atoms with E-state index in [1.807, 2.05) is 0 Å². The highest BCUT2D eigenvalue weighted by molar-refractivity contribution is 7.91. The normalized spacial score (nSPS) is 11.9. The highest BCUT2D eigenvalue weighted by Gasteiger charge is 2.23. The van der Waals surface area contributed by atoms with Crippen LogP contribution in [0.25, 0.3) is 22.2 Å². The van der Waals surface area contributed by atoms with Gasteiger partial charge in [0.1, 0.15) is 17.3 Å². The summed E-state index contributed by atoms with van der Waals surface area (Å²) in [6.07, 6.45) is 1.36. The van der Waals surface area contributed by atoms with E-state index in [0.29, 0.717) is 28.3 Å². The zero-order valence-corrected chi connectivity index (χ0v) is 23.1. The molecular weight excluding hydrogens is 572 g/mol. The SMILES string of the molecule is Cc1cc(-c2cc(S(=O)(=O)CC#N)ccc2Oc2ccc(F)cc2F)c2ccn(S(=O)(=O)Cc3ccccc3)c2n1. The van der Waals surface area contributed by atoms with Crippen LogP contribution >= 0.6 is 0 Å². The number of hydrogen-bond donors (Lipinski definition) is 0. The van der Waals surface area contributed by atoms with Gasteiger partial charge in [0.2, 0.25) is 10.0 Å². The molecular formula is C29H21F2N3O5S2. The fourth-order valence-corrected chi connectivity index (χ4v) is 6.67. The second-order valence-corrected chi connectivity index (χ2v) is 13.0. The highest BCUT2D eigenvalue weighted by Crippen LogP contribution is 2.40. The number of sulfone groups is 1. The number of fused-ring (bicyclic) bond motifs is 1. The zero-order valence-electron chi connectivity index (χ0n) is 21.5. The third kappa shape index (κ3) is 5.68. The molecule has 0 unspecified atom stereocenters. The van der Waals surface area contributed by atoms with Crippen molar-refractivity contribution >= 4 is 30.9 Å². The van der Waals surface area contributed by atoms with E-state index < -0.39 is 37.2 Å². The first kappa shape index (κ1) is 27.9. The topological polar surface area (TPSA) is 119 Å². The van der Waals surface area contributed by atoms with Crippen LogP contribution in [0.5, 0.6) is 11.5 Å². The quantitative estimate of drug-likeness (QED) is 0.224. The Bertz CT molecular complexity index is 2050. The minimum atomic E-state index is -4.02. The Morgan fingerprint density at radius 3 is 2.34 bits per heavy atom. The summed E-state index contributed by atoms with van der Waals surface area (Å²) in [6.45, 7) is 1.64. The summed E-state index contributed by atoms with van der Waals surface area (Å²) < 4.78 is 87.1. The van der Waals surface area contributed by atoms with Crippen LogP contribution < -0.4 is 4.74 Å². The predicted octanol–water partition coefficient (Wildman–Crippen LogP) is 5.76. The van der Waals surface area contributed by atoms with Gasteiger partial charge in [-0.05, 0) is 60.5 Å².